The molecule has 0 saturated heterocycles. The van der Waals surface area contributed by atoms with Crippen molar-refractivity contribution >= 4 is 40.8 Å². The van der Waals surface area contributed by atoms with Crippen LogP contribution in [0.25, 0.3) is 0 Å². The largest absolute Gasteiger partial charge is 0.760 e. The van der Waals surface area contributed by atoms with E-state index in [1.165, 1.54) is 19.3 Å². The van der Waals surface area contributed by atoms with E-state index in [1.54, 1.807) is 0 Å². The maximum absolute atomic E-state index is 9.98. The van der Waals surface area contributed by atoms with Crippen LogP contribution in [0.5, 0.6) is 0 Å². The smallest absolute Gasteiger partial charge is 0.0181 e. The van der Waals surface area contributed by atoms with Crippen LogP contribution in [-0.2, 0) is 11.3 Å². The quantitative estimate of drug-likeness (QED) is 0.379. The van der Waals surface area contributed by atoms with E-state index < -0.39 is 11.3 Å². The van der Waals surface area contributed by atoms with Gasteiger partial charge in [0, 0.05) is 47.4 Å². The Labute approximate surface area is 99.4 Å². The minimum Gasteiger partial charge on any atom is -0.760 e. The molecule has 5 heteroatoms. The third-order valence-electron chi connectivity index (χ3n) is 1.50. The molecule has 0 bridgehead atoms. The van der Waals surface area contributed by atoms with E-state index >= 15 is 0 Å². The maximum atomic E-state index is 9.98. The first-order valence-corrected chi connectivity index (χ1v) is 5.17. The molecule has 1 atom stereocenters. The van der Waals surface area contributed by atoms with Crippen molar-refractivity contribution in [3.8, 4) is 0 Å². The predicted octanol–water partition coefficient (Wildman–Crippen LogP) is 0.960. The van der Waals surface area contributed by atoms with Crippen molar-refractivity contribution in [2.75, 3.05) is 6.54 Å². The molecule has 0 saturated carbocycles. The molecular weight excluding hydrogens is 185 g/mol. The summed E-state index contributed by atoms with van der Waals surface area (Å²) in [6.07, 6.45) is 5.76. The third-order valence-corrected chi connectivity index (χ3v) is 1.94. The van der Waals surface area contributed by atoms with Gasteiger partial charge in [0.25, 0.3) is 0 Å². The van der Waals surface area contributed by atoms with Crippen LogP contribution in [-0.4, -0.2) is 44.9 Å². The molecule has 0 heterocycles. The molecule has 12 heavy (non-hydrogen) atoms. The molecule has 0 aliphatic carbocycles. The van der Waals surface area contributed by atoms with Crippen LogP contribution in [0.4, 0.5) is 0 Å². The molecule has 69 valence electrons. The molecule has 0 fully saturated rings. The summed E-state index contributed by atoms with van der Waals surface area (Å²) < 4.78 is 22.3. The van der Waals surface area contributed by atoms with Crippen LogP contribution in [0, 0.1) is 0 Å². The van der Waals surface area contributed by atoms with Gasteiger partial charge < -0.3 is 4.55 Å². The summed E-state index contributed by atoms with van der Waals surface area (Å²) in [5, 5.41) is 0. The minimum absolute atomic E-state index is 0. The number of hydrogen-bond donors (Lipinski definition) is 1. The normalized spacial score (nSPS) is 12.2. The summed E-state index contributed by atoms with van der Waals surface area (Å²) in [5.41, 5.74) is 0. The summed E-state index contributed by atoms with van der Waals surface area (Å²) >= 11 is -2.07. The molecule has 1 unspecified atom stereocenters. The van der Waals surface area contributed by atoms with Crippen molar-refractivity contribution in [2.24, 2.45) is 0 Å². The molecule has 0 aliphatic heterocycles. The third kappa shape index (κ3) is 13.6. The van der Waals surface area contributed by atoms with Gasteiger partial charge in [0.15, 0.2) is 0 Å². The summed E-state index contributed by atoms with van der Waals surface area (Å²) in [7, 11) is 0. The maximum Gasteiger partial charge on any atom is 0.0181 e. The van der Waals surface area contributed by atoms with Gasteiger partial charge in [-0.2, -0.15) is 0 Å². The Balaban J connectivity index is 0. The first kappa shape index (κ1) is 15.5. The van der Waals surface area contributed by atoms with Crippen LogP contribution in [0.1, 0.15) is 39.0 Å². The van der Waals surface area contributed by atoms with E-state index in [1.807, 2.05) is 0 Å². The van der Waals surface area contributed by atoms with Crippen molar-refractivity contribution in [1.29, 1.82) is 0 Å². The Bertz CT molecular complexity index is 114. The van der Waals surface area contributed by atoms with Gasteiger partial charge in [0.05, 0.1) is 0 Å². The standard InChI is InChI=1S/C7H17NO2S.Na/c1-2-3-4-5-6-7-8-11(9)10;/h8H,2-7H2,1H3,(H,9,10);/p-1. The van der Waals surface area contributed by atoms with Crippen molar-refractivity contribution in [2.45, 2.75) is 39.0 Å². The summed E-state index contributed by atoms with van der Waals surface area (Å²) in [4.78, 5) is 0. The molecule has 0 aromatic carbocycles. The number of hydrogen-bond acceptors (Lipinski definition) is 2. The zero-order valence-corrected chi connectivity index (χ0v) is 10.8. The van der Waals surface area contributed by atoms with Gasteiger partial charge in [0.2, 0.25) is 0 Å². The van der Waals surface area contributed by atoms with Crippen molar-refractivity contribution in [3.05, 3.63) is 0 Å². The van der Waals surface area contributed by atoms with Gasteiger partial charge >= 0.3 is 0 Å². The minimum atomic E-state index is -2.07. The molecule has 1 radical (unpaired) electrons. The Hall–Kier alpha value is 1.07. The Morgan fingerprint density at radius 1 is 1.25 bits per heavy atom. The van der Waals surface area contributed by atoms with Gasteiger partial charge in [0.1, 0.15) is 0 Å². The fraction of sp³-hybridized carbons (Fsp3) is 1.00. The van der Waals surface area contributed by atoms with E-state index in [-0.39, 0.29) is 29.6 Å². The fourth-order valence-corrected chi connectivity index (χ4v) is 1.20. The number of rotatable bonds is 7. The SMILES string of the molecule is CCCCCCCNS(=O)[O-].[Na]. The van der Waals surface area contributed by atoms with Crippen molar-refractivity contribution in [3.63, 3.8) is 0 Å². The Morgan fingerprint density at radius 2 is 1.83 bits per heavy atom. The van der Waals surface area contributed by atoms with Crippen molar-refractivity contribution < 1.29 is 8.76 Å². The van der Waals surface area contributed by atoms with Crippen LogP contribution in [0.2, 0.25) is 0 Å². The predicted molar refractivity (Wildman–Crippen MR) is 51.4 cm³/mol. The fourth-order valence-electron chi connectivity index (χ4n) is 0.884. The summed E-state index contributed by atoms with van der Waals surface area (Å²) in [5.74, 6) is 0. The van der Waals surface area contributed by atoms with Crippen molar-refractivity contribution in [1.82, 2.24) is 4.72 Å². The summed E-state index contributed by atoms with van der Waals surface area (Å²) in [6, 6.07) is 0. The summed E-state index contributed by atoms with van der Waals surface area (Å²) in [6.45, 7) is 2.74. The first-order valence-electron chi connectivity index (χ1n) is 4.10. The molecule has 0 rings (SSSR count). The molecule has 0 spiro atoms. The van der Waals surface area contributed by atoms with E-state index in [9.17, 15) is 8.76 Å². The van der Waals surface area contributed by atoms with E-state index in [0.29, 0.717) is 6.54 Å². The molecule has 0 aromatic rings. The van der Waals surface area contributed by atoms with E-state index in [0.717, 1.165) is 12.8 Å². The van der Waals surface area contributed by atoms with Crippen LogP contribution >= 0.6 is 0 Å². The molecule has 0 amide bonds. The zero-order valence-electron chi connectivity index (χ0n) is 7.97. The number of unbranched alkanes of at least 4 members (excludes halogenated alkanes) is 4. The average molecular weight is 201 g/mol. The molecule has 0 aromatic heterocycles. The Morgan fingerprint density at radius 3 is 2.33 bits per heavy atom. The van der Waals surface area contributed by atoms with E-state index in [2.05, 4.69) is 11.6 Å². The monoisotopic (exact) mass is 201 g/mol. The molecule has 1 N–H and O–H groups in total. The first-order chi connectivity index (χ1) is 5.27. The van der Waals surface area contributed by atoms with Gasteiger partial charge in [-0.05, 0) is 6.42 Å². The second-order valence-electron chi connectivity index (χ2n) is 2.54. The molecular formula is C7H16NNaO2S-. The van der Waals surface area contributed by atoms with Gasteiger partial charge in [-0.3, -0.25) is 4.21 Å². The average Bonchev–Trinajstić information content (AvgIpc) is 1.96. The van der Waals surface area contributed by atoms with Crippen LogP contribution in [0.15, 0.2) is 0 Å². The van der Waals surface area contributed by atoms with Gasteiger partial charge in [-0.15, -0.1) is 0 Å². The Kier molecular flexibility index (Phi) is 15.6. The van der Waals surface area contributed by atoms with Gasteiger partial charge in [-0.25, -0.2) is 4.72 Å². The van der Waals surface area contributed by atoms with Gasteiger partial charge in [-0.1, -0.05) is 32.6 Å². The molecule has 0 aliphatic rings. The molecule has 3 nitrogen and oxygen atoms in total. The number of nitrogens with one attached hydrogen (secondary N) is 1. The van der Waals surface area contributed by atoms with E-state index in [4.69, 9.17) is 0 Å². The van der Waals surface area contributed by atoms with Crippen LogP contribution < -0.4 is 4.72 Å². The zero-order chi connectivity index (χ0) is 8.53. The second-order valence-corrected chi connectivity index (χ2v) is 3.30. The van der Waals surface area contributed by atoms with Crippen LogP contribution in [0.3, 0.4) is 0 Å². The topological polar surface area (TPSA) is 52.2 Å². The second kappa shape index (κ2) is 12.1.